The first kappa shape index (κ1) is 43.2. The molecule has 0 spiro atoms. The lowest BCUT2D eigenvalue weighted by molar-refractivity contribution is -0.141. The molecule has 0 aliphatic carbocycles. The number of hydrogen-bond donors (Lipinski definition) is 0. The van der Waals surface area contributed by atoms with Crippen LogP contribution in [0.1, 0.15) is 11.1 Å². The maximum Gasteiger partial charge on any atom is 0.420 e. The van der Waals surface area contributed by atoms with Gasteiger partial charge in [-0.05, 0) is 97.1 Å². The molecular weight excluding hydrogens is 971 g/mol. The fourth-order valence-corrected chi connectivity index (χ4v) is 14.1. The van der Waals surface area contributed by atoms with E-state index in [1.54, 1.807) is 136 Å². The van der Waals surface area contributed by atoms with Crippen LogP contribution in [0.2, 0.25) is 0 Å². The zero-order valence-corrected chi connectivity index (χ0v) is 39.4. The molecule has 0 radical (unpaired) electrons. The molecule has 0 saturated heterocycles. The molecule has 0 atom stereocenters. The molecule has 0 aromatic heterocycles. The van der Waals surface area contributed by atoms with E-state index in [0.717, 1.165) is 0 Å². The minimum absolute atomic E-state index is 0.182. The van der Waals surface area contributed by atoms with E-state index in [9.17, 15) is 0 Å². The maximum absolute atomic E-state index is 17.8. The third-order valence-corrected chi connectivity index (χ3v) is 17.1. The highest BCUT2D eigenvalue weighted by Gasteiger charge is 2.54. The number of alkyl halides is 6. The van der Waals surface area contributed by atoms with Crippen LogP contribution < -0.4 is 19.6 Å². The Hall–Kier alpha value is -6.84. The molecule has 4 heterocycles. The van der Waals surface area contributed by atoms with Crippen LogP contribution >= 0.6 is 47.0 Å². The van der Waals surface area contributed by atoms with Gasteiger partial charge in [0.2, 0.25) is 0 Å². The fraction of sp³-hybridized carbons (Fsp3) is 0.0357. The number of fused-ring (bicyclic) bond motifs is 8. The van der Waals surface area contributed by atoms with Crippen LogP contribution in [0.25, 0.3) is 0 Å². The SMILES string of the molecule is FC(F)(F)c1c(N2c3ccccc3Sc3ccccc32)c(N2c3ccccc3Sc3ccccc32)c(N2c3ccccc3Sc3ccccc32)c(C(F)(F)F)c1N1c2ccccc2Sc2ccccc21. The van der Waals surface area contributed by atoms with Gasteiger partial charge in [-0.25, -0.2) is 0 Å². The lowest BCUT2D eigenvalue weighted by atomic mass is 9.92. The minimum Gasteiger partial charge on any atom is -0.307 e. The van der Waals surface area contributed by atoms with Crippen molar-refractivity contribution in [1.29, 1.82) is 0 Å². The lowest BCUT2D eigenvalue weighted by Crippen LogP contribution is -2.32. The van der Waals surface area contributed by atoms with Gasteiger partial charge in [0.1, 0.15) is 11.1 Å². The van der Waals surface area contributed by atoms with Crippen molar-refractivity contribution in [3.63, 3.8) is 0 Å². The van der Waals surface area contributed by atoms with Crippen molar-refractivity contribution in [3.8, 4) is 0 Å². The largest absolute Gasteiger partial charge is 0.420 e. The summed E-state index contributed by atoms with van der Waals surface area (Å²) in [5.74, 6) is 0. The maximum atomic E-state index is 17.8. The monoisotopic (exact) mass is 1000 g/mol. The van der Waals surface area contributed by atoms with E-state index >= 15 is 26.3 Å². The predicted octanol–water partition coefficient (Wildman–Crippen LogP) is 19.5. The molecule has 4 nitrogen and oxygen atoms in total. The summed E-state index contributed by atoms with van der Waals surface area (Å²) in [6.07, 6.45) is -10.9. The standard InChI is InChI=1S/C56H32F6N4S4/c57-55(58,59)49-51(63-33-17-1-9-25-41(33)67-42-26-10-2-18-34(42)63)50(56(60,61)62)53(65-37-21-5-13-29-45(37)69-46-30-14-6-22-38(46)65)54(66-39-23-7-15-31-47(39)70-48-32-16-8-24-40(48)66)52(49)64-35-19-3-11-27-43(35)68-44-28-12-4-20-36(44)64/h1-32H. The van der Waals surface area contributed by atoms with Crippen LogP contribution in [0.3, 0.4) is 0 Å². The second kappa shape index (κ2) is 16.4. The van der Waals surface area contributed by atoms with Gasteiger partial charge >= 0.3 is 12.4 Å². The summed E-state index contributed by atoms with van der Waals surface area (Å²) in [6, 6.07) is 56.6. The van der Waals surface area contributed by atoms with Gasteiger partial charge in [0.05, 0.1) is 68.2 Å². The van der Waals surface area contributed by atoms with Gasteiger partial charge in [-0.2, -0.15) is 26.3 Å². The van der Waals surface area contributed by atoms with Crippen molar-refractivity contribution >= 4 is 115 Å². The molecule has 0 saturated carbocycles. The van der Waals surface area contributed by atoms with Crippen LogP contribution in [0.15, 0.2) is 233 Å². The number of para-hydroxylation sites is 8. The van der Waals surface area contributed by atoms with E-state index < -0.39 is 40.5 Å². The van der Waals surface area contributed by atoms with Crippen molar-refractivity contribution in [2.24, 2.45) is 0 Å². The van der Waals surface area contributed by atoms with Gasteiger partial charge in [0.25, 0.3) is 0 Å². The van der Waals surface area contributed by atoms with Gasteiger partial charge in [0, 0.05) is 39.2 Å². The predicted molar refractivity (Wildman–Crippen MR) is 272 cm³/mol. The van der Waals surface area contributed by atoms with Gasteiger partial charge in [-0.1, -0.05) is 144 Å². The molecule has 70 heavy (non-hydrogen) atoms. The molecule has 0 unspecified atom stereocenters. The third kappa shape index (κ3) is 6.74. The lowest BCUT2D eigenvalue weighted by Gasteiger charge is -2.46. The smallest absolute Gasteiger partial charge is 0.307 e. The highest BCUT2D eigenvalue weighted by atomic mass is 32.2. The normalized spacial score (nSPS) is 14.4. The highest BCUT2D eigenvalue weighted by molar-refractivity contribution is 8.00. The van der Waals surface area contributed by atoms with Crippen molar-refractivity contribution < 1.29 is 26.3 Å². The van der Waals surface area contributed by atoms with Crippen molar-refractivity contribution in [1.82, 2.24) is 0 Å². The molecule has 14 heteroatoms. The zero-order chi connectivity index (χ0) is 47.5. The second-order valence-electron chi connectivity index (χ2n) is 16.6. The highest BCUT2D eigenvalue weighted by Crippen LogP contribution is 2.70. The average molecular weight is 1000 g/mol. The Labute approximate surface area is 415 Å². The summed E-state index contributed by atoms with van der Waals surface area (Å²) in [7, 11) is 0. The van der Waals surface area contributed by atoms with Gasteiger partial charge in [-0.15, -0.1) is 0 Å². The Morgan fingerprint density at radius 1 is 0.229 bits per heavy atom. The molecule has 4 aliphatic heterocycles. The third-order valence-electron chi connectivity index (χ3n) is 12.6. The van der Waals surface area contributed by atoms with E-state index in [2.05, 4.69) is 0 Å². The van der Waals surface area contributed by atoms with E-state index in [1.165, 1.54) is 51.9 Å². The molecule has 0 bridgehead atoms. The number of rotatable bonds is 4. The first-order valence-corrected chi connectivity index (χ1v) is 25.3. The molecule has 0 fully saturated rings. The Morgan fingerprint density at radius 2 is 0.400 bits per heavy atom. The van der Waals surface area contributed by atoms with Crippen LogP contribution in [0.4, 0.5) is 94.6 Å². The van der Waals surface area contributed by atoms with Crippen molar-refractivity contribution in [3.05, 3.63) is 205 Å². The quantitative estimate of drug-likeness (QED) is 0.160. The Balaban J connectivity index is 1.34. The summed E-state index contributed by atoms with van der Waals surface area (Å²) in [4.78, 5) is 10.8. The number of anilines is 12. The van der Waals surface area contributed by atoms with Crippen LogP contribution in [-0.4, -0.2) is 0 Å². The van der Waals surface area contributed by atoms with Crippen molar-refractivity contribution in [2.45, 2.75) is 51.5 Å². The second-order valence-corrected chi connectivity index (χ2v) is 21.0. The molecule has 0 N–H and O–H groups in total. The summed E-state index contributed by atoms with van der Waals surface area (Å²) in [5.41, 5.74) is -2.44. The first-order valence-electron chi connectivity index (χ1n) is 22.1. The Bertz CT molecular complexity index is 3300. The fourth-order valence-electron chi connectivity index (χ4n) is 9.89. The number of halogens is 6. The molecule has 9 aromatic carbocycles. The molecule has 9 aromatic rings. The minimum atomic E-state index is -5.43. The van der Waals surface area contributed by atoms with Gasteiger partial charge in [0.15, 0.2) is 0 Å². The van der Waals surface area contributed by atoms with E-state index in [1.807, 2.05) is 72.8 Å². The Kier molecular flexibility index (Phi) is 10.1. The van der Waals surface area contributed by atoms with Crippen molar-refractivity contribution in [2.75, 3.05) is 19.6 Å². The molecular formula is C56H32F6N4S4. The number of nitrogens with zero attached hydrogens (tertiary/aromatic N) is 4. The van der Waals surface area contributed by atoms with E-state index in [-0.39, 0.29) is 17.1 Å². The number of hydrogen-bond acceptors (Lipinski definition) is 8. The van der Waals surface area contributed by atoms with Gasteiger partial charge < -0.3 is 19.6 Å². The molecule has 13 rings (SSSR count). The van der Waals surface area contributed by atoms with E-state index in [4.69, 9.17) is 0 Å². The average Bonchev–Trinajstić information content (AvgIpc) is 3.37. The molecule has 4 aliphatic rings. The molecule has 342 valence electrons. The zero-order valence-electron chi connectivity index (χ0n) is 36.2. The first-order chi connectivity index (χ1) is 34.0. The topological polar surface area (TPSA) is 13.0 Å². The van der Waals surface area contributed by atoms with Crippen LogP contribution in [0.5, 0.6) is 0 Å². The summed E-state index contributed by atoms with van der Waals surface area (Å²) in [6.45, 7) is 0. The van der Waals surface area contributed by atoms with Crippen LogP contribution in [-0.2, 0) is 12.4 Å². The van der Waals surface area contributed by atoms with Crippen LogP contribution in [0, 0.1) is 0 Å². The number of benzene rings is 9. The summed E-state index contributed by atoms with van der Waals surface area (Å²) >= 11 is 5.52. The Morgan fingerprint density at radius 3 is 0.600 bits per heavy atom. The summed E-state index contributed by atoms with van der Waals surface area (Å²) in [5, 5.41) is 0. The summed E-state index contributed by atoms with van der Waals surface area (Å²) < 4.78 is 107. The molecule has 0 amide bonds. The van der Waals surface area contributed by atoms with Gasteiger partial charge in [-0.3, -0.25) is 0 Å². The van der Waals surface area contributed by atoms with E-state index in [0.29, 0.717) is 73.3 Å².